The monoisotopic (exact) mass is 553 g/mol. The van der Waals surface area contributed by atoms with Gasteiger partial charge in [-0.05, 0) is 36.6 Å². The minimum absolute atomic E-state index is 0.0761. The van der Waals surface area contributed by atoms with E-state index in [4.69, 9.17) is 0 Å². The van der Waals surface area contributed by atoms with Crippen LogP contribution < -0.4 is 9.62 Å². The van der Waals surface area contributed by atoms with Crippen molar-refractivity contribution in [2.24, 2.45) is 0 Å². The van der Waals surface area contributed by atoms with Gasteiger partial charge in [0.25, 0.3) is 0 Å². The number of sulfonamides is 1. The summed E-state index contributed by atoms with van der Waals surface area (Å²) in [6.07, 6.45) is 2.83. The topological polar surface area (TPSA) is 86.8 Å². The van der Waals surface area contributed by atoms with Crippen LogP contribution in [0.4, 0.5) is 10.1 Å². The molecule has 9 heteroatoms. The number of carbonyl (C=O) groups excluding carboxylic acids is 2. The summed E-state index contributed by atoms with van der Waals surface area (Å²) < 4.78 is 40.8. The van der Waals surface area contributed by atoms with Crippen molar-refractivity contribution >= 4 is 27.5 Å². The van der Waals surface area contributed by atoms with E-state index in [1.54, 1.807) is 0 Å². The number of nitrogens with zero attached hydrogens (tertiary/aromatic N) is 2. The van der Waals surface area contributed by atoms with E-state index >= 15 is 0 Å². The zero-order valence-corrected chi connectivity index (χ0v) is 23.5. The molecule has 1 N–H and O–H groups in total. The third kappa shape index (κ3) is 8.64. The highest BCUT2D eigenvalue weighted by atomic mass is 32.2. The first kappa shape index (κ1) is 29.8. The third-order valence-electron chi connectivity index (χ3n) is 6.37. The van der Waals surface area contributed by atoms with Crippen LogP contribution in [0, 0.1) is 12.7 Å². The van der Waals surface area contributed by atoms with Crippen molar-refractivity contribution in [1.29, 1.82) is 0 Å². The fourth-order valence-electron chi connectivity index (χ4n) is 4.20. The number of hydrogen-bond donors (Lipinski definition) is 1. The fourth-order valence-corrected chi connectivity index (χ4v) is 5.05. The Morgan fingerprint density at radius 1 is 0.923 bits per heavy atom. The number of hydrogen-bond acceptors (Lipinski definition) is 4. The van der Waals surface area contributed by atoms with E-state index in [2.05, 4.69) is 5.32 Å². The lowest BCUT2D eigenvalue weighted by Gasteiger charge is -2.33. The maximum Gasteiger partial charge on any atom is 0.244 e. The van der Waals surface area contributed by atoms with E-state index in [1.807, 2.05) is 68.4 Å². The lowest BCUT2D eigenvalue weighted by molar-refractivity contribution is -0.140. The molecular weight excluding hydrogens is 517 g/mol. The highest BCUT2D eigenvalue weighted by molar-refractivity contribution is 7.92. The minimum atomic E-state index is -4.02. The summed E-state index contributed by atoms with van der Waals surface area (Å²) >= 11 is 0. The van der Waals surface area contributed by atoms with Crippen LogP contribution in [-0.2, 0) is 32.6 Å². The first-order chi connectivity index (χ1) is 18.6. The number of rotatable bonds is 13. The molecule has 7 nitrogen and oxygen atoms in total. The van der Waals surface area contributed by atoms with Crippen LogP contribution in [0.2, 0.25) is 0 Å². The van der Waals surface area contributed by atoms with Crippen molar-refractivity contribution in [3.63, 3.8) is 0 Å². The van der Waals surface area contributed by atoms with Gasteiger partial charge < -0.3 is 10.2 Å². The van der Waals surface area contributed by atoms with E-state index < -0.39 is 34.3 Å². The number of aryl methyl sites for hydroxylation is 1. The van der Waals surface area contributed by atoms with Gasteiger partial charge in [0.05, 0.1) is 11.9 Å². The van der Waals surface area contributed by atoms with Gasteiger partial charge in [-0.3, -0.25) is 13.9 Å². The smallest absolute Gasteiger partial charge is 0.244 e. The molecule has 208 valence electrons. The first-order valence-electron chi connectivity index (χ1n) is 13.0. The Morgan fingerprint density at radius 2 is 1.56 bits per heavy atom. The Labute approximate surface area is 230 Å². The molecule has 3 aromatic carbocycles. The molecule has 3 aromatic rings. The Hall–Kier alpha value is -3.72. The number of para-hydroxylation sites is 1. The second-order valence-electron chi connectivity index (χ2n) is 9.58. The average molecular weight is 554 g/mol. The Kier molecular flexibility index (Phi) is 10.6. The van der Waals surface area contributed by atoms with Gasteiger partial charge in [-0.2, -0.15) is 0 Å². The maximum atomic E-state index is 14.7. The minimum Gasteiger partial charge on any atom is -0.354 e. The third-order valence-corrected chi connectivity index (χ3v) is 7.50. The lowest BCUT2D eigenvalue weighted by Crippen LogP contribution is -2.53. The van der Waals surface area contributed by atoms with Crippen molar-refractivity contribution in [3.05, 3.63) is 101 Å². The van der Waals surface area contributed by atoms with Gasteiger partial charge in [-0.1, -0.05) is 85.6 Å². The molecule has 0 aromatic heterocycles. The Morgan fingerprint density at radius 3 is 2.18 bits per heavy atom. The normalized spacial score (nSPS) is 12.0. The Balaban J connectivity index is 2.03. The summed E-state index contributed by atoms with van der Waals surface area (Å²) in [5.74, 6) is -1.71. The number of anilines is 1. The Bertz CT molecular complexity index is 1350. The highest BCUT2D eigenvalue weighted by Crippen LogP contribution is 2.23. The van der Waals surface area contributed by atoms with Crippen LogP contribution in [0.15, 0.2) is 78.9 Å². The quantitative estimate of drug-likeness (QED) is 0.317. The number of nitrogens with one attached hydrogen (secondary N) is 1. The van der Waals surface area contributed by atoms with Crippen molar-refractivity contribution in [3.8, 4) is 0 Å². The predicted molar refractivity (Wildman–Crippen MR) is 152 cm³/mol. The highest BCUT2D eigenvalue weighted by Gasteiger charge is 2.33. The first-order valence-corrected chi connectivity index (χ1v) is 14.8. The fraction of sp³-hybridized carbons (Fsp3) is 0.333. The molecule has 0 spiro atoms. The summed E-state index contributed by atoms with van der Waals surface area (Å²) in [4.78, 5) is 28.9. The number of carbonyl (C=O) groups is 2. The standard InChI is InChI=1S/C30H36FN3O4S/c1-4-5-19-32-30(36)28(20-24-11-7-6-8-12-24)33(21-25-17-15-23(2)16-18-25)29(35)22-34(39(3,37)38)27-14-10-9-13-26(27)31/h6-18,28H,4-5,19-22H2,1-3H3,(H,32,36)/t28-/m0/s1. The van der Waals surface area contributed by atoms with E-state index in [0.29, 0.717) is 6.54 Å². The molecule has 0 fully saturated rings. The van der Waals surface area contributed by atoms with Crippen LogP contribution >= 0.6 is 0 Å². The number of benzene rings is 3. The van der Waals surface area contributed by atoms with Crippen LogP contribution in [0.1, 0.15) is 36.5 Å². The van der Waals surface area contributed by atoms with E-state index in [0.717, 1.165) is 46.2 Å². The zero-order chi connectivity index (χ0) is 28.4. The van der Waals surface area contributed by atoms with Crippen molar-refractivity contribution < 1.29 is 22.4 Å². The van der Waals surface area contributed by atoms with Gasteiger partial charge in [0.2, 0.25) is 21.8 Å². The average Bonchev–Trinajstić information content (AvgIpc) is 2.91. The largest absolute Gasteiger partial charge is 0.354 e. The van der Waals surface area contributed by atoms with Gasteiger partial charge in [0.1, 0.15) is 18.4 Å². The second-order valence-corrected chi connectivity index (χ2v) is 11.5. The van der Waals surface area contributed by atoms with Gasteiger partial charge >= 0.3 is 0 Å². The number of amides is 2. The van der Waals surface area contributed by atoms with E-state index in [-0.39, 0.29) is 24.6 Å². The lowest BCUT2D eigenvalue weighted by atomic mass is 10.0. The van der Waals surface area contributed by atoms with Crippen molar-refractivity contribution in [2.75, 3.05) is 23.7 Å². The number of halogens is 1. The molecule has 0 aliphatic rings. The van der Waals surface area contributed by atoms with E-state index in [9.17, 15) is 22.4 Å². The predicted octanol–water partition coefficient (Wildman–Crippen LogP) is 4.46. The summed E-state index contributed by atoms with van der Waals surface area (Å²) in [6, 6.07) is 21.4. The van der Waals surface area contributed by atoms with Crippen LogP contribution in [0.3, 0.4) is 0 Å². The molecule has 0 saturated heterocycles. The van der Waals surface area contributed by atoms with Gasteiger partial charge in [-0.15, -0.1) is 0 Å². The SMILES string of the molecule is CCCCNC(=O)[C@H](Cc1ccccc1)N(Cc1ccc(C)cc1)C(=O)CN(c1ccccc1F)S(C)(=O)=O. The molecule has 0 heterocycles. The molecule has 0 unspecified atom stereocenters. The van der Waals surface area contributed by atoms with Crippen molar-refractivity contribution in [1.82, 2.24) is 10.2 Å². The van der Waals surface area contributed by atoms with Crippen molar-refractivity contribution in [2.45, 2.75) is 45.7 Å². The summed E-state index contributed by atoms with van der Waals surface area (Å²) in [5.41, 5.74) is 2.45. The summed E-state index contributed by atoms with van der Waals surface area (Å²) in [6.45, 7) is 3.84. The summed E-state index contributed by atoms with van der Waals surface area (Å²) in [5, 5.41) is 2.93. The molecular formula is C30H36FN3O4S. The maximum absolute atomic E-state index is 14.7. The molecule has 3 rings (SSSR count). The van der Waals surface area contributed by atoms with Crippen LogP contribution in [0.5, 0.6) is 0 Å². The van der Waals surface area contributed by atoms with Gasteiger partial charge in [-0.25, -0.2) is 12.8 Å². The molecule has 2 amide bonds. The molecule has 0 saturated carbocycles. The molecule has 0 aliphatic carbocycles. The van der Waals surface area contributed by atoms with E-state index in [1.165, 1.54) is 23.1 Å². The second kappa shape index (κ2) is 13.9. The zero-order valence-electron chi connectivity index (χ0n) is 22.6. The molecule has 1 atom stereocenters. The molecule has 0 aliphatic heterocycles. The van der Waals surface area contributed by atoms with Gasteiger partial charge in [0, 0.05) is 19.5 Å². The van der Waals surface area contributed by atoms with Crippen LogP contribution in [0.25, 0.3) is 0 Å². The van der Waals surface area contributed by atoms with Gasteiger partial charge in [0.15, 0.2) is 0 Å². The number of unbranched alkanes of at least 4 members (excludes halogenated alkanes) is 1. The molecule has 0 radical (unpaired) electrons. The molecule has 0 bridgehead atoms. The summed E-state index contributed by atoms with van der Waals surface area (Å²) in [7, 11) is -4.02. The van der Waals surface area contributed by atoms with Crippen LogP contribution in [-0.4, -0.2) is 50.5 Å². The molecule has 39 heavy (non-hydrogen) atoms.